The summed E-state index contributed by atoms with van der Waals surface area (Å²) in [5.74, 6) is 1.16. The molecule has 2 rings (SSSR count). The van der Waals surface area contributed by atoms with Crippen molar-refractivity contribution in [1.29, 1.82) is 5.26 Å². The molecule has 1 fully saturated rings. The molecule has 0 amide bonds. The highest BCUT2D eigenvalue weighted by Crippen LogP contribution is 2.28. The van der Waals surface area contributed by atoms with Crippen LogP contribution in [-0.4, -0.2) is 23.8 Å². The average molecular weight is 218 g/mol. The molecule has 4 nitrogen and oxygen atoms in total. The Morgan fingerprint density at radius 1 is 1.56 bits per heavy atom. The van der Waals surface area contributed by atoms with E-state index < -0.39 is 0 Å². The molecule has 0 aliphatic heterocycles. The van der Waals surface area contributed by atoms with Gasteiger partial charge in [0.25, 0.3) is 0 Å². The van der Waals surface area contributed by atoms with Gasteiger partial charge in [-0.05, 0) is 25.0 Å². The summed E-state index contributed by atoms with van der Waals surface area (Å²) in [4.78, 5) is 12.7. The number of furan rings is 1. The maximum absolute atomic E-state index is 10.5. The Hall–Kier alpha value is -1.60. The lowest BCUT2D eigenvalue weighted by Gasteiger charge is -2.18. The van der Waals surface area contributed by atoms with Crippen molar-refractivity contribution < 1.29 is 9.21 Å². The van der Waals surface area contributed by atoms with Crippen LogP contribution in [0.4, 0.5) is 0 Å². The Bertz CT molecular complexity index is 401. The minimum Gasteiger partial charge on any atom is -0.457 e. The van der Waals surface area contributed by atoms with Crippen molar-refractivity contribution in [2.24, 2.45) is 0 Å². The molecular weight excluding hydrogens is 204 g/mol. The normalized spacial score (nSPS) is 15.0. The molecule has 1 aliphatic rings. The first-order chi connectivity index (χ1) is 7.83. The molecule has 16 heavy (non-hydrogen) atoms. The fourth-order valence-corrected chi connectivity index (χ4v) is 1.77. The molecule has 0 atom stereocenters. The van der Waals surface area contributed by atoms with Gasteiger partial charge in [-0.25, -0.2) is 0 Å². The highest BCUT2D eigenvalue weighted by Gasteiger charge is 2.29. The van der Waals surface area contributed by atoms with Gasteiger partial charge in [0.2, 0.25) is 0 Å². The van der Waals surface area contributed by atoms with Crippen LogP contribution in [0.25, 0.3) is 0 Å². The van der Waals surface area contributed by atoms with Crippen LogP contribution in [0, 0.1) is 11.3 Å². The molecule has 1 aliphatic carbocycles. The van der Waals surface area contributed by atoms with E-state index in [0.29, 0.717) is 31.1 Å². The summed E-state index contributed by atoms with van der Waals surface area (Å²) >= 11 is 0. The summed E-state index contributed by atoms with van der Waals surface area (Å²) in [6.07, 6.45) is 3.65. The molecule has 1 saturated carbocycles. The summed E-state index contributed by atoms with van der Waals surface area (Å²) in [5, 5.41) is 8.58. The van der Waals surface area contributed by atoms with E-state index in [2.05, 4.69) is 11.0 Å². The van der Waals surface area contributed by atoms with Crippen LogP contribution in [0.5, 0.6) is 0 Å². The van der Waals surface area contributed by atoms with Crippen LogP contribution in [0.1, 0.15) is 35.6 Å². The van der Waals surface area contributed by atoms with E-state index in [0.717, 1.165) is 12.3 Å². The molecule has 1 aromatic heterocycles. The maximum Gasteiger partial charge on any atom is 0.185 e. The lowest BCUT2D eigenvalue weighted by molar-refractivity contribution is 0.109. The molecule has 1 heterocycles. The van der Waals surface area contributed by atoms with Crippen LogP contribution < -0.4 is 0 Å². The van der Waals surface area contributed by atoms with E-state index >= 15 is 0 Å². The Morgan fingerprint density at radius 3 is 2.94 bits per heavy atom. The zero-order valence-corrected chi connectivity index (χ0v) is 9.06. The fourth-order valence-electron chi connectivity index (χ4n) is 1.77. The van der Waals surface area contributed by atoms with Crippen LogP contribution in [0.15, 0.2) is 16.5 Å². The predicted octanol–water partition coefficient (Wildman–Crippen LogP) is 1.97. The molecule has 0 bridgehead atoms. The van der Waals surface area contributed by atoms with Crippen molar-refractivity contribution >= 4 is 6.29 Å². The summed E-state index contributed by atoms with van der Waals surface area (Å²) in [5.41, 5.74) is 0. The van der Waals surface area contributed by atoms with E-state index in [1.807, 2.05) is 6.07 Å². The first kappa shape index (κ1) is 10.9. The molecule has 0 unspecified atom stereocenters. The molecule has 84 valence electrons. The number of hydrogen-bond donors (Lipinski definition) is 0. The average Bonchev–Trinajstić information content (AvgIpc) is 3.05. The first-order valence-corrected chi connectivity index (χ1v) is 5.48. The second-order valence-corrected chi connectivity index (χ2v) is 4.03. The van der Waals surface area contributed by atoms with Crippen molar-refractivity contribution in [3.05, 3.63) is 23.7 Å². The molecule has 0 N–H and O–H groups in total. The van der Waals surface area contributed by atoms with Gasteiger partial charge in [0.15, 0.2) is 12.0 Å². The van der Waals surface area contributed by atoms with Gasteiger partial charge >= 0.3 is 0 Å². The number of hydrogen-bond acceptors (Lipinski definition) is 4. The van der Waals surface area contributed by atoms with E-state index in [9.17, 15) is 4.79 Å². The summed E-state index contributed by atoms with van der Waals surface area (Å²) in [7, 11) is 0. The minimum atomic E-state index is 0.367. The van der Waals surface area contributed by atoms with E-state index in [4.69, 9.17) is 9.68 Å². The van der Waals surface area contributed by atoms with Gasteiger partial charge in [-0.2, -0.15) is 5.26 Å². The fraction of sp³-hybridized carbons (Fsp3) is 0.500. The first-order valence-electron chi connectivity index (χ1n) is 5.48. The van der Waals surface area contributed by atoms with Gasteiger partial charge in [0.1, 0.15) is 5.76 Å². The highest BCUT2D eigenvalue weighted by atomic mass is 16.3. The second kappa shape index (κ2) is 4.95. The van der Waals surface area contributed by atoms with Gasteiger partial charge in [-0.1, -0.05) is 0 Å². The topological polar surface area (TPSA) is 57.2 Å². The third-order valence-electron chi connectivity index (χ3n) is 2.73. The van der Waals surface area contributed by atoms with Gasteiger partial charge in [0, 0.05) is 19.0 Å². The number of carbonyl (C=O) groups excluding carboxylic acids is 1. The molecule has 0 aromatic carbocycles. The van der Waals surface area contributed by atoms with Crippen molar-refractivity contribution in [2.75, 3.05) is 6.54 Å². The second-order valence-electron chi connectivity index (χ2n) is 4.03. The summed E-state index contributed by atoms with van der Waals surface area (Å²) in [6.45, 7) is 1.47. The molecule has 0 spiro atoms. The molecule has 0 saturated heterocycles. The Balaban J connectivity index is 1.94. The smallest absolute Gasteiger partial charge is 0.185 e. The third-order valence-corrected chi connectivity index (χ3v) is 2.73. The molecule has 0 radical (unpaired) electrons. The molecule has 4 heteroatoms. The van der Waals surface area contributed by atoms with Crippen LogP contribution >= 0.6 is 0 Å². The van der Waals surface area contributed by atoms with Gasteiger partial charge in [0.05, 0.1) is 12.6 Å². The van der Waals surface area contributed by atoms with Crippen LogP contribution in [0.3, 0.4) is 0 Å². The Labute approximate surface area is 94.5 Å². The van der Waals surface area contributed by atoms with Crippen molar-refractivity contribution in [3.8, 4) is 6.07 Å². The SMILES string of the molecule is N#CCCN(Cc1ccc(C=O)o1)C1CC1. The summed E-state index contributed by atoms with van der Waals surface area (Å²) in [6, 6.07) is 6.25. The third kappa shape index (κ3) is 2.71. The zero-order chi connectivity index (χ0) is 11.4. The van der Waals surface area contributed by atoms with Gasteiger partial charge in [-0.15, -0.1) is 0 Å². The van der Waals surface area contributed by atoms with E-state index in [-0.39, 0.29) is 0 Å². The molecular formula is C12H14N2O2. The standard InChI is InChI=1S/C12H14N2O2/c13-6-1-7-14(10-2-3-10)8-11-4-5-12(9-15)16-11/h4-5,9-10H,1-3,7-8H2. The van der Waals surface area contributed by atoms with Crippen LogP contribution in [0.2, 0.25) is 0 Å². The van der Waals surface area contributed by atoms with E-state index in [1.165, 1.54) is 12.8 Å². The van der Waals surface area contributed by atoms with Gasteiger partial charge in [-0.3, -0.25) is 9.69 Å². The monoisotopic (exact) mass is 218 g/mol. The quantitative estimate of drug-likeness (QED) is 0.685. The minimum absolute atomic E-state index is 0.367. The number of rotatable bonds is 6. The Morgan fingerprint density at radius 2 is 2.38 bits per heavy atom. The molecule has 1 aromatic rings. The summed E-state index contributed by atoms with van der Waals surface area (Å²) < 4.78 is 5.33. The lowest BCUT2D eigenvalue weighted by Crippen LogP contribution is -2.26. The largest absolute Gasteiger partial charge is 0.457 e. The van der Waals surface area contributed by atoms with Crippen molar-refractivity contribution in [2.45, 2.75) is 31.8 Å². The number of nitriles is 1. The Kier molecular flexibility index (Phi) is 3.37. The lowest BCUT2D eigenvalue weighted by atomic mass is 10.3. The van der Waals surface area contributed by atoms with Crippen LogP contribution in [-0.2, 0) is 6.54 Å². The van der Waals surface area contributed by atoms with Gasteiger partial charge < -0.3 is 4.42 Å². The highest BCUT2D eigenvalue weighted by molar-refractivity contribution is 5.70. The van der Waals surface area contributed by atoms with E-state index in [1.54, 1.807) is 6.07 Å². The van der Waals surface area contributed by atoms with Crippen molar-refractivity contribution in [3.63, 3.8) is 0 Å². The zero-order valence-electron chi connectivity index (χ0n) is 9.06. The number of aldehydes is 1. The number of nitrogens with zero attached hydrogens (tertiary/aromatic N) is 2. The maximum atomic E-state index is 10.5. The number of carbonyl (C=O) groups is 1. The van der Waals surface area contributed by atoms with Crippen molar-refractivity contribution in [1.82, 2.24) is 4.90 Å². The predicted molar refractivity (Wildman–Crippen MR) is 57.8 cm³/mol.